The van der Waals surface area contributed by atoms with Gasteiger partial charge in [-0.05, 0) is 58.9 Å². The van der Waals surface area contributed by atoms with Gasteiger partial charge in [0.25, 0.3) is 0 Å². The summed E-state index contributed by atoms with van der Waals surface area (Å²) in [6, 6.07) is 34.2. The molecular formula is C40H37N5. The van der Waals surface area contributed by atoms with Crippen LogP contribution in [0.1, 0.15) is 35.7 Å². The van der Waals surface area contributed by atoms with Crippen LogP contribution in [-0.4, -0.2) is 31.0 Å². The summed E-state index contributed by atoms with van der Waals surface area (Å²) >= 11 is 0. The van der Waals surface area contributed by atoms with Crippen molar-refractivity contribution in [3.05, 3.63) is 150 Å². The number of hydrogen-bond donors (Lipinski definition) is 3. The number of allylic oxidation sites excluding steroid dienone is 2. The molecular weight excluding hydrogens is 550 g/mol. The third kappa shape index (κ3) is 6.21. The van der Waals surface area contributed by atoms with Crippen molar-refractivity contribution in [2.75, 3.05) is 25.5 Å². The van der Waals surface area contributed by atoms with E-state index in [0.29, 0.717) is 0 Å². The lowest BCUT2D eigenvalue weighted by Crippen LogP contribution is -2.27. The molecule has 5 aromatic rings. The molecule has 0 fully saturated rings. The van der Waals surface area contributed by atoms with Gasteiger partial charge < -0.3 is 10.6 Å². The highest BCUT2D eigenvalue weighted by Gasteiger charge is 2.17. The summed E-state index contributed by atoms with van der Waals surface area (Å²) < 4.78 is 0. The Balaban J connectivity index is 1.27. The zero-order valence-electron chi connectivity index (χ0n) is 25.5. The topological polar surface area (TPSA) is 61.3 Å². The van der Waals surface area contributed by atoms with Crippen LogP contribution in [0.3, 0.4) is 0 Å². The molecule has 5 heteroatoms. The number of rotatable bonds is 8. The second-order valence-corrected chi connectivity index (χ2v) is 11.4. The van der Waals surface area contributed by atoms with Gasteiger partial charge >= 0.3 is 0 Å². The summed E-state index contributed by atoms with van der Waals surface area (Å²) in [5.74, 6) is 0.824. The zero-order chi connectivity index (χ0) is 30.4. The molecule has 4 aromatic carbocycles. The summed E-state index contributed by atoms with van der Waals surface area (Å²) in [6.45, 7) is 1.57. The monoisotopic (exact) mass is 587 g/mol. The van der Waals surface area contributed by atoms with Crippen LogP contribution >= 0.6 is 0 Å². The quantitative estimate of drug-likeness (QED) is 0.126. The highest BCUT2D eigenvalue weighted by molar-refractivity contribution is 6.01. The van der Waals surface area contributed by atoms with Gasteiger partial charge in [0, 0.05) is 54.1 Å². The standard InChI is InChI=1S/C40H37N5/c1-41-39(33-17-5-15-31(25-33)35-21-7-13-29-19-9-23-42-37(29)35)45-40(44-27-28-11-3-2-4-12-28)34-18-6-16-32(26-34)36-22-8-14-30-20-10-24-43-38(30)36/h3,5-23,25-26,40,43-44H,2,4,24,27H2,1H3,(H,41,45). The van der Waals surface area contributed by atoms with E-state index in [1.165, 1.54) is 28.0 Å². The van der Waals surface area contributed by atoms with E-state index < -0.39 is 0 Å². The van der Waals surface area contributed by atoms with Crippen LogP contribution in [0, 0.1) is 0 Å². The Bertz CT molecular complexity index is 1960. The number of anilines is 1. The SMILES string of the molecule is CN/C(=N\C(NCC1=CCCC=C1)c1cccc(-c2cccc3c2NCC=C3)c1)c1cccc(-c2cccc3cccnc23)c1. The minimum Gasteiger partial charge on any atom is -0.381 e. The van der Waals surface area contributed by atoms with Crippen molar-refractivity contribution >= 4 is 28.5 Å². The lowest BCUT2D eigenvalue weighted by atomic mass is 9.96. The predicted molar refractivity (Wildman–Crippen MR) is 189 cm³/mol. The minimum absolute atomic E-state index is 0.265. The maximum atomic E-state index is 5.34. The first-order chi connectivity index (χ1) is 22.3. The molecule has 0 amide bonds. The highest BCUT2D eigenvalue weighted by Crippen LogP contribution is 2.35. The number of hydrogen-bond acceptors (Lipinski definition) is 4. The molecule has 1 aliphatic carbocycles. The molecule has 1 unspecified atom stereocenters. The fourth-order valence-electron chi connectivity index (χ4n) is 6.21. The molecule has 0 radical (unpaired) electrons. The number of para-hydroxylation sites is 2. The van der Waals surface area contributed by atoms with Crippen molar-refractivity contribution in [1.29, 1.82) is 0 Å². The Morgan fingerprint density at radius 1 is 0.844 bits per heavy atom. The summed E-state index contributed by atoms with van der Waals surface area (Å²) in [7, 11) is 1.94. The van der Waals surface area contributed by atoms with Crippen LogP contribution < -0.4 is 16.0 Å². The molecule has 1 aliphatic heterocycles. The maximum absolute atomic E-state index is 5.34. The molecule has 1 aromatic heterocycles. The van der Waals surface area contributed by atoms with Crippen LogP contribution in [0.15, 0.2) is 138 Å². The Kier molecular flexibility index (Phi) is 8.34. The number of amidine groups is 1. The Labute approximate surface area is 265 Å². The molecule has 0 saturated heterocycles. The number of pyridine rings is 1. The van der Waals surface area contributed by atoms with Gasteiger partial charge in [0.15, 0.2) is 0 Å². The number of aromatic nitrogens is 1. The smallest absolute Gasteiger partial charge is 0.130 e. The van der Waals surface area contributed by atoms with Crippen molar-refractivity contribution in [2.24, 2.45) is 4.99 Å². The average molecular weight is 588 g/mol. The second-order valence-electron chi connectivity index (χ2n) is 11.4. The van der Waals surface area contributed by atoms with Gasteiger partial charge in [0.2, 0.25) is 0 Å². The molecule has 2 aliphatic rings. The van der Waals surface area contributed by atoms with E-state index in [-0.39, 0.29) is 6.17 Å². The molecule has 7 rings (SSSR count). The normalized spacial score (nSPS) is 14.9. The van der Waals surface area contributed by atoms with Crippen LogP contribution in [0.2, 0.25) is 0 Å². The van der Waals surface area contributed by atoms with Gasteiger partial charge in [0.1, 0.15) is 12.0 Å². The number of fused-ring (bicyclic) bond motifs is 2. The molecule has 3 N–H and O–H groups in total. The molecule has 5 nitrogen and oxygen atoms in total. The first-order valence-electron chi connectivity index (χ1n) is 15.7. The van der Waals surface area contributed by atoms with Crippen molar-refractivity contribution in [1.82, 2.24) is 15.6 Å². The Morgan fingerprint density at radius 2 is 1.67 bits per heavy atom. The van der Waals surface area contributed by atoms with Gasteiger partial charge in [-0.1, -0.05) is 109 Å². The molecule has 45 heavy (non-hydrogen) atoms. The molecule has 222 valence electrons. The van der Waals surface area contributed by atoms with Crippen molar-refractivity contribution in [2.45, 2.75) is 19.0 Å². The maximum Gasteiger partial charge on any atom is 0.130 e. The second kappa shape index (κ2) is 13.2. The van der Waals surface area contributed by atoms with E-state index in [4.69, 9.17) is 9.98 Å². The fourth-order valence-corrected chi connectivity index (χ4v) is 6.21. The van der Waals surface area contributed by atoms with Crippen molar-refractivity contribution in [3.8, 4) is 22.3 Å². The summed E-state index contributed by atoms with van der Waals surface area (Å²) in [6.07, 6.45) is 14.9. The van der Waals surface area contributed by atoms with Crippen LogP contribution in [0.25, 0.3) is 39.2 Å². The fraction of sp³-hybridized carbons (Fsp3) is 0.150. The van der Waals surface area contributed by atoms with E-state index in [0.717, 1.165) is 64.9 Å². The molecule has 0 bridgehead atoms. The van der Waals surface area contributed by atoms with Crippen LogP contribution in [0.4, 0.5) is 5.69 Å². The molecule has 2 heterocycles. The van der Waals surface area contributed by atoms with Gasteiger partial charge in [0.05, 0.1) is 5.52 Å². The predicted octanol–water partition coefficient (Wildman–Crippen LogP) is 8.54. The first-order valence-corrected chi connectivity index (χ1v) is 15.7. The molecule has 0 saturated carbocycles. The highest BCUT2D eigenvalue weighted by atomic mass is 15.1. The lowest BCUT2D eigenvalue weighted by molar-refractivity contribution is 0.584. The number of nitrogens with zero attached hydrogens (tertiary/aromatic N) is 2. The Hall–Kier alpha value is -5.26. The third-order valence-electron chi connectivity index (χ3n) is 8.45. The van der Waals surface area contributed by atoms with E-state index >= 15 is 0 Å². The Morgan fingerprint density at radius 3 is 2.56 bits per heavy atom. The van der Waals surface area contributed by atoms with E-state index in [2.05, 4.69) is 137 Å². The lowest BCUT2D eigenvalue weighted by Gasteiger charge is -2.21. The number of aliphatic imine (C=N–C) groups is 1. The summed E-state index contributed by atoms with van der Waals surface area (Å²) in [5, 5.41) is 11.9. The third-order valence-corrected chi connectivity index (χ3v) is 8.45. The van der Waals surface area contributed by atoms with Crippen molar-refractivity contribution in [3.63, 3.8) is 0 Å². The van der Waals surface area contributed by atoms with E-state index in [1.807, 2.05) is 19.3 Å². The molecule has 1 atom stereocenters. The van der Waals surface area contributed by atoms with Gasteiger partial charge in [-0.3, -0.25) is 10.3 Å². The van der Waals surface area contributed by atoms with Gasteiger partial charge in [-0.2, -0.15) is 0 Å². The number of nitrogens with one attached hydrogen (secondary N) is 3. The van der Waals surface area contributed by atoms with Crippen LogP contribution in [-0.2, 0) is 0 Å². The molecule has 0 spiro atoms. The van der Waals surface area contributed by atoms with E-state index in [9.17, 15) is 0 Å². The van der Waals surface area contributed by atoms with Gasteiger partial charge in [-0.15, -0.1) is 0 Å². The average Bonchev–Trinajstić information content (AvgIpc) is 3.12. The minimum atomic E-state index is -0.265. The number of benzene rings is 4. The van der Waals surface area contributed by atoms with Crippen molar-refractivity contribution < 1.29 is 0 Å². The zero-order valence-corrected chi connectivity index (χ0v) is 25.5. The summed E-state index contributed by atoms with van der Waals surface area (Å²) in [4.78, 5) is 10.0. The largest absolute Gasteiger partial charge is 0.381 e. The van der Waals surface area contributed by atoms with Crippen LogP contribution in [0.5, 0.6) is 0 Å². The van der Waals surface area contributed by atoms with Gasteiger partial charge in [-0.25, -0.2) is 4.99 Å². The van der Waals surface area contributed by atoms with E-state index in [1.54, 1.807) is 0 Å². The summed E-state index contributed by atoms with van der Waals surface area (Å²) in [5.41, 5.74) is 11.4. The first kappa shape index (κ1) is 28.5.